The van der Waals surface area contributed by atoms with Crippen LogP contribution in [0.25, 0.3) is 0 Å². The summed E-state index contributed by atoms with van der Waals surface area (Å²) in [5, 5.41) is 16.8. The highest BCUT2D eigenvalue weighted by atomic mass is 16.5. The predicted molar refractivity (Wildman–Crippen MR) is 63.0 cm³/mol. The Kier molecular flexibility index (Phi) is 4.39. The molecule has 0 bridgehead atoms. The van der Waals surface area contributed by atoms with E-state index in [4.69, 9.17) is 0 Å². The molecule has 0 aliphatic heterocycles. The number of benzene rings is 1. The molecular weight excluding hydrogens is 220 g/mol. The van der Waals surface area contributed by atoms with E-state index < -0.39 is 5.97 Å². The molecule has 0 unspecified atom stereocenters. The van der Waals surface area contributed by atoms with Gasteiger partial charge < -0.3 is 9.84 Å². The normalized spacial score (nSPS) is 12.4. The number of azo groups is 1. The highest BCUT2D eigenvalue weighted by Gasteiger charge is 2.12. The van der Waals surface area contributed by atoms with E-state index in [2.05, 4.69) is 15.0 Å². The number of nitrogens with zero attached hydrogens (tertiary/aromatic N) is 2. The van der Waals surface area contributed by atoms with Crippen LogP contribution >= 0.6 is 0 Å². The van der Waals surface area contributed by atoms with Crippen molar-refractivity contribution < 1.29 is 14.6 Å². The van der Waals surface area contributed by atoms with E-state index in [-0.39, 0.29) is 11.5 Å². The van der Waals surface area contributed by atoms with Crippen LogP contribution in [-0.2, 0) is 9.53 Å². The Bertz CT molecular complexity index is 457. The fourth-order valence-electron chi connectivity index (χ4n) is 1.08. The molecule has 0 saturated heterocycles. The second-order valence-electron chi connectivity index (χ2n) is 3.46. The van der Waals surface area contributed by atoms with E-state index in [1.165, 1.54) is 14.0 Å². The van der Waals surface area contributed by atoms with Gasteiger partial charge in [0.2, 0.25) is 5.70 Å². The first-order valence-electron chi connectivity index (χ1n) is 5.01. The van der Waals surface area contributed by atoms with E-state index in [0.29, 0.717) is 5.69 Å². The minimum absolute atomic E-state index is 0.201. The van der Waals surface area contributed by atoms with Crippen LogP contribution in [0.1, 0.15) is 12.5 Å². The highest BCUT2D eigenvalue weighted by molar-refractivity contribution is 5.88. The standard InChI is InChI=1S/C12H14N2O3/c1-8-4-6-10(7-5-8)13-14-11(9(2)15)12(16)17-3/h4-7,15H,1-3H3/b11-9-,14-13?. The summed E-state index contributed by atoms with van der Waals surface area (Å²) < 4.78 is 4.47. The molecule has 0 heterocycles. The molecule has 0 radical (unpaired) electrons. The SMILES string of the molecule is COC(=O)/C(N=Nc1ccc(C)cc1)=C(\C)O. The van der Waals surface area contributed by atoms with Gasteiger partial charge in [0.15, 0.2) is 0 Å². The van der Waals surface area contributed by atoms with Gasteiger partial charge in [0.05, 0.1) is 12.8 Å². The van der Waals surface area contributed by atoms with Gasteiger partial charge in [-0.05, 0) is 26.0 Å². The van der Waals surface area contributed by atoms with Crippen molar-refractivity contribution in [1.82, 2.24) is 0 Å². The van der Waals surface area contributed by atoms with Gasteiger partial charge in [-0.2, -0.15) is 5.11 Å². The second kappa shape index (κ2) is 5.79. The van der Waals surface area contributed by atoms with Crippen LogP contribution in [0.5, 0.6) is 0 Å². The van der Waals surface area contributed by atoms with Crippen LogP contribution in [0.3, 0.4) is 0 Å². The van der Waals surface area contributed by atoms with Crippen LogP contribution in [0.2, 0.25) is 0 Å². The maximum atomic E-state index is 11.2. The first-order valence-corrected chi connectivity index (χ1v) is 5.01. The average molecular weight is 234 g/mol. The molecule has 0 saturated carbocycles. The van der Waals surface area contributed by atoms with Crippen molar-refractivity contribution in [3.63, 3.8) is 0 Å². The second-order valence-corrected chi connectivity index (χ2v) is 3.46. The number of aliphatic hydroxyl groups excluding tert-OH is 1. The van der Waals surface area contributed by atoms with Crippen molar-refractivity contribution in [2.24, 2.45) is 10.2 Å². The van der Waals surface area contributed by atoms with E-state index in [9.17, 15) is 9.90 Å². The van der Waals surface area contributed by atoms with E-state index in [0.717, 1.165) is 5.56 Å². The van der Waals surface area contributed by atoms with Crippen LogP contribution in [0, 0.1) is 6.92 Å². The Labute approximate surface area is 99.4 Å². The molecule has 0 atom stereocenters. The Hall–Kier alpha value is -2.17. The Balaban J connectivity index is 2.92. The van der Waals surface area contributed by atoms with Crippen molar-refractivity contribution in [1.29, 1.82) is 0 Å². The minimum atomic E-state index is -0.721. The predicted octanol–water partition coefficient (Wildman–Crippen LogP) is 3.04. The first kappa shape index (κ1) is 12.9. The van der Waals surface area contributed by atoms with Crippen LogP contribution in [0.4, 0.5) is 5.69 Å². The van der Waals surface area contributed by atoms with Gasteiger partial charge in [-0.1, -0.05) is 17.7 Å². The molecule has 0 amide bonds. The third kappa shape index (κ3) is 3.71. The summed E-state index contributed by atoms with van der Waals surface area (Å²) in [5.74, 6) is -0.950. The molecule has 1 aromatic rings. The van der Waals surface area contributed by atoms with Gasteiger partial charge in [-0.15, -0.1) is 5.11 Å². The number of carbonyl (C=O) groups is 1. The molecule has 5 nitrogen and oxygen atoms in total. The van der Waals surface area contributed by atoms with Gasteiger partial charge in [0, 0.05) is 0 Å². The van der Waals surface area contributed by atoms with Crippen LogP contribution < -0.4 is 0 Å². The number of ether oxygens (including phenoxy) is 1. The highest BCUT2D eigenvalue weighted by Crippen LogP contribution is 2.15. The summed E-state index contributed by atoms with van der Waals surface area (Å²) in [4.78, 5) is 11.2. The Morgan fingerprint density at radius 1 is 1.29 bits per heavy atom. The number of carbonyl (C=O) groups excluding carboxylic acids is 1. The van der Waals surface area contributed by atoms with Gasteiger partial charge in [-0.3, -0.25) is 0 Å². The van der Waals surface area contributed by atoms with E-state index >= 15 is 0 Å². The molecule has 0 aliphatic rings. The lowest BCUT2D eigenvalue weighted by Crippen LogP contribution is -2.04. The van der Waals surface area contributed by atoms with E-state index in [1.807, 2.05) is 19.1 Å². The number of aliphatic hydroxyl groups is 1. The summed E-state index contributed by atoms with van der Waals surface area (Å²) in [6.07, 6.45) is 0. The van der Waals surface area contributed by atoms with Crippen LogP contribution in [0.15, 0.2) is 46.0 Å². The summed E-state index contributed by atoms with van der Waals surface area (Å²) in [6.45, 7) is 3.30. The fraction of sp³-hybridized carbons (Fsp3) is 0.250. The molecule has 1 aromatic carbocycles. The van der Waals surface area contributed by atoms with Gasteiger partial charge >= 0.3 is 5.97 Å². The summed E-state index contributed by atoms with van der Waals surface area (Å²) in [5.41, 5.74) is 1.50. The molecular formula is C12H14N2O3. The van der Waals surface area contributed by atoms with Crippen molar-refractivity contribution in [3.05, 3.63) is 41.3 Å². The summed E-state index contributed by atoms with van der Waals surface area (Å²) in [7, 11) is 1.21. The number of allylic oxidation sites excluding steroid dienone is 1. The van der Waals surface area contributed by atoms with Gasteiger partial charge in [0.1, 0.15) is 5.76 Å². The molecule has 90 valence electrons. The number of esters is 1. The summed E-state index contributed by atoms with van der Waals surface area (Å²) in [6, 6.07) is 7.28. The Morgan fingerprint density at radius 3 is 2.35 bits per heavy atom. The molecule has 5 heteroatoms. The third-order valence-electron chi connectivity index (χ3n) is 2.02. The zero-order chi connectivity index (χ0) is 12.8. The lowest BCUT2D eigenvalue weighted by atomic mass is 10.2. The maximum Gasteiger partial charge on any atom is 0.362 e. The third-order valence-corrected chi connectivity index (χ3v) is 2.02. The monoisotopic (exact) mass is 234 g/mol. The minimum Gasteiger partial charge on any atom is -0.510 e. The van der Waals surface area contributed by atoms with Crippen molar-refractivity contribution in [2.45, 2.75) is 13.8 Å². The fourth-order valence-corrected chi connectivity index (χ4v) is 1.08. The number of methoxy groups -OCH3 is 1. The quantitative estimate of drug-likeness (QED) is 0.378. The summed E-state index contributed by atoms with van der Waals surface area (Å²) >= 11 is 0. The van der Waals surface area contributed by atoms with Crippen molar-refractivity contribution in [2.75, 3.05) is 7.11 Å². The lowest BCUT2D eigenvalue weighted by molar-refractivity contribution is -0.136. The number of hydrogen-bond acceptors (Lipinski definition) is 5. The smallest absolute Gasteiger partial charge is 0.362 e. The lowest BCUT2D eigenvalue weighted by Gasteiger charge is -1.99. The number of aryl methyl sites for hydroxylation is 1. The molecule has 0 fully saturated rings. The molecule has 17 heavy (non-hydrogen) atoms. The van der Waals surface area contributed by atoms with Crippen molar-refractivity contribution in [3.8, 4) is 0 Å². The van der Waals surface area contributed by atoms with Crippen LogP contribution in [-0.4, -0.2) is 18.2 Å². The van der Waals surface area contributed by atoms with Gasteiger partial charge in [0.25, 0.3) is 0 Å². The zero-order valence-electron chi connectivity index (χ0n) is 9.97. The molecule has 0 aliphatic carbocycles. The molecule has 0 aromatic heterocycles. The maximum absolute atomic E-state index is 11.2. The molecule has 1 N–H and O–H groups in total. The molecule has 1 rings (SSSR count). The topological polar surface area (TPSA) is 71.2 Å². The molecule has 0 spiro atoms. The zero-order valence-corrected chi connectivity index (χ0v) is 9.97. The number of hydrogen-bond donors (Lipinski definition) is 1. The largest absolute Gasteiger partial charge is 0.510 e. The van der Waals surface area contributed by atoms with Gasteiger partial charge in [-0.25, -0.2) is 4.79 Å². The van der Waals surface area contributed by atoms with Crippen molar-refractivity contribution >= 4 is 11.7 Å². The Morgan fingerprint density at radius 2 is 1.88 bits per heavy atom. The van der Waals surface area contributed by atoms with E-state index in [1.54, 1.807) is 12.1 Å². The number of rotatable bonds is 3. The first-order chi connectivity index (χ1) is 8.04. The average Bonchev–Trinajstić information content (AvgIpc) is 2.31.